The highest BCUT2D eigenvalue weighted by atomic mass is 15.0. The van der Waals surface area contributed by atoms with E-state index in [0.717, 1.165) is 18.8 Å². The van der Waals surface area contributed by atoms with Gasteiger partial charge >= 0.3 is 0 Å². The summed E-state index contributed by atoms with van der Waals surface area (Å²) in [5.41, 5.74) is 1.34. The van der Waals surface area contributed by atoms with E-state index in [9.17, 15) is 0 Å². The van der Waals surface area contributed by atoms with Gasteiger partial charge in [0, 0.05) is 18.9 Å². The lowest BCUT2D eigenvalue weighted by Crippen LogP contribution is -2.17. The first kappa shape index (κ1) is 14.2. The van der Waals surface area contributed by atoms with E-state index < -0.39 is 0 Å². The Hall–Kier alpha value is -0.830. The Bertz CT molecular complexity index is 304. The number of rotatable bonds is 9. The van der Waals surface area contributed by atoms with E-state index in [1.807, 2.05) is 6.20 Å². The predicted octanol–water partition coefficient (Wildman–Crippen LogP) is 2.83. The van der Waals surface area contributed by atoms with E-state index >= 15 is 0 Å². The maximum absolute atomic E-state index is 4.31. The molecule has 0 aliphatic carbocycles. The molecule has 1 rings (SSSR count). The fourth-order valence-electron chi connectivity index (χ4n) is 1.98. The zero-order chi connectivity index (χ0) is 12.5. The molecule has 1 aromatic heterocycles. The van der Waals surface area contributed by atoms with Gasteiger partial charge in [-0.2, -0.15) is 0 Å². The van der Waals surface area contributed by atoms with Gasteiger partial charge in [-0.25, -0.2) is 4.98 Å². The molecule has 0 radical (unpaired) electrons. The van der Waals surface area contributed by atoms with Gasteiger partial charge < -0.3 is 9.88 Å². The quantitative estimate of drug-likeness (QED) is 0.669. The van der Waals surface area contributed by atoms with Gasteiger partial charge in [0.1, 0.15) is 5.82 Å². The van der Waals surface area contributed by atoms with Crippen LogP contribution in [-0.2, 0) is 13.5 Å². The Morgan fingerprint density at radius 1 is 1.18 bits per heavy atom. The number of aryl methyl sites for hydroxylation is 2. The second-order valence-electron chi connectivity index (χ2n) is 4.77. The number of hydrogen-bond acceptors (Lipinski definition) is 2. The van der Waals surface area contributed by atoms with E-state index in [1.54, 1.807) is 0 Å². The van der Waals surface area contributed by atoms with Gasteiger partial charge in [0.2, 0.25) is 0 Å². The van der Waals surface area contributed by atoms with Crippen LogP contribution >= 0.6 is 0 Å². The number of imidazole rings is 1. The van der Waals surface area contributed by atoms with Crippen LogP contribution in [0.4, 0.5) is 0 Å². The molecule has 3 heteroatoms. The first-order chi connectivity index (χ1) is 8.25. The van der Waals surface area contributed by atoms with Crippen LogP contribution in [0.3, 0.4) is 0 Å². The summed E-state index contributed by atoms with van der Waals surface area (Å²) in [5, 5.41) is 3.51. The summed E-state index contributed by atoms with van der Waals surface area (Å²) < 4.78 is 2.18. The molecule has 1 heterocycles. The monoisotopic (exact) mass is 237 g/mol. The Kier molecular flexibility index (Phi) is 6.94. The van der Waals surface area contributed by atoms with Crippen LogP contribution in [0.25, 0.3) is 0 Å². The molecule has 0 aromatic carbocycles. The van der Waals surface area contributed by atoms with Crippen molar-refractivity contribution in [1.29, 1.82) is 0 Å². The average Bonchev–Trinajstić information content (AvgIpc) is 2.64. The second-order valence-corrected chi connectivity index (χ2v) is 4.77. The summed E-state index contributed by atoms with van der Waals surface area (Å²) in [4.78, 5) is 4.31. The van der Waals surface area contributed by atoms with Crippen LogP contribution in [0.2, 0.25) is 0 Å². The number of nitrogens with zero attached hydrogens (tertiary/aromatic N) is 2. The van der Waals surface area contributed by atoms with Crippen molar-refractivity contribution in [2.45, 2.75) is 52.4 Å². The second kappa shape index (κ2) is 8.29. The molecule has 0 fully saturated rings. The third-order valence-electron chi connectivity index (χ3n) is 3.31. The minimum Gasteiger partial charge on any atom is -0.335 e. The van der Waals surface area contributed by atoms with E-state index in [2.05, 4.69) is 35.8 Å². The standard InChI is InChI=1S/C14H27N3/c1-4-5-6-7-10-15-11-8-9-14-12-16-13(2)17(14)3/h12,15H,4-11H2,1-3H3. The highest BCUT2D eigenvalue weighted by Gasteiger charge is 2.01. The number of nitrogens with one attached hydrogen (secondary N) is 1. The maximum Gasteiger partial charge on any atom is 0.105 e. The van der Waals surface area contributed by atoms with Gasteiger partial charge in [-0.05, 0) is 39.3 Å². The Morgan fingerprint density at radius 2 is 1.94 bits per heavy atom. The first-order valence-corrected chi connectivity index (χ1v) is 6.93. The number of hydrogen-bond donors (Lipinski definition) is 1. The van der Waals surface area contributed by atoms with Gasteiger partial charge in [0.15, 0.2) is 0 Å². The molecule has 0 unspecified atom stereocenters. The lowest BCUT2D eigenvalue weighted by molar-refractivity contribution is 0.581. The smallest absolute Gasteiger partial charge is 0.105 e. The molecule has 3 nitrogen and oxygen atoms in total. The van der Waals surface area contributed by atoms with Crippen molar-refractivity contribution in [2.75, 3.05) is 13.1 Å². The molecule has 0 aliphatic heterocycles. The van der Waals surface area contributed by atoms with Crippen LogP contribution in [-0.4, -0.2) is 22.6 Å². The SMILES string of the molecule is CCCCCCNCCCc1cnc(C)n1C. The largest absolute Gasteiger partial charge is 0.335 e. The van der Waals surface area contributed by atoms with Crippen LogP contribution in [0.5, 0.6) is 0 Å². The van der Waals surface area contributed by atoms with Crippen molar-refractivity contribution in [3.05, 3.63) is 17.7 Å². The minimum absolute atomic E-state index is 1.10. The van der Waals surface area contributed by atoms with Crippen LogP contribution in [0, 0.1) is 6.92 Å². The minimum atomic E-state index is 1.10. The van der Waals surface area contributed by atoms with Crippen molar-refractivity contribution < 1.29 is 0 Å². The van der Waals surface area contributed by atoms with E-state index in [4.69, 9.17) is 0 Å². The zero-order valence-corrected chi connectivity index (χ0v) is 11.6. The summed E-state index contributed by atoms with van der Waals surface area (Å²) in [6.07, 6.45) is 9.70. The Morgan fingerprint density at radius 3 is 2.59 bits per heavy atom. The molecular formula is C14H27N3. The summed E-state index contributed by atoms with van der Waals surface area (Å²) in [5.74, 6) is 1.10. The fourth-order valence-corrected chi connectivity index (χ4v) is 1.98. The van der Waals surface area contributed by atoms with Crippen LogP contribution in [0.1, 0.15) is 50.5 Å². The molecule has 1 aromatic rings. The van der Waals surface area contributed by atoms with E-state index in [1.165, 1.54) is 44.3 Å². The molecule has 1 N–H and O–H groups in total. The number of aromatic nitrogens is 2. The van der Waals surface area contributed by atoms with Crippen molar-refractivity contribution >= 4 is 0 Å². The van der Waals surface area contributed by atoms with Crippen molar-refractivity contribution in [3.8, 4) is 0 Å². The van der Waals surface area contributed by atoms with Gasteiger partial charge in [-0.1, -0.05) is 26.2 Å². The van der Waals surface area contributed by atoms with E-state index in [0.29, 0.717) is 0 Å². The molecule has 0 aliphatic rings. The average molecular weight is 237 g/mol. The molecule has 0 bridgehead atoms. The molecule has 0 spiro atoms. The normalized spacial score (nSPS) is 11.0. The predicted molar refractivity (Wildman–Crippen MR) is 73.3 cm³/mol. The van der Waals surface area contributed by atoms with Gasteiger partial charge in [0.05, 0.1) is 0 Å². The molecule has 17 heavy (non-hydrogen) atoms. The third kappa shape index (κ3) is 5.35. The first-order valence-electron chi connectivity index (χ1n) is 6.93. The summed E-state index contributed by atoms with van der Waals surface area (Å²) >= 11 is 0. The van der Waals surface area contributed by atoms with Gasteiger partial charge in [-0.15, -0.1) is 0 Å². The maximum atomic E-state index is 4.31. The fraction of sp³-hybridized carbons (Fsp3) is 0.786. The Labute approximate surface area is 106 Å². The molecule has 0 saturated heterocycles. The van der Waals surface area contributed by atoms with Crippen molar-refractivity contribution in [3.63, 3.8) is 0 Å². The van der Waals surface area contributed by atoms with Crippen molar-refractivity contribution in [2.24, 2.45) is 7.05 Å². The highest BCUT2D eigenvalue weighted by molar-refractivity contribution is 5.03. The lowest BCUT2D eigenvalue weighted by atomic mass is 10.2. The summed E-state index contributed by atoms with van der Waals surface area (Å²) in [6, 6.07) is 0. The van der Waals surface area contributed by atoms with Gasteiger partial charge in [-0.3, -0.25) is 0 Å². The zero-order valence-electron chi connectivity index (χ0n) is 11.6. The summed E-state index contributed by atoms with van der Waals surface area (Å²) in [6.45, 7) is 6.60. The molecule has 0 amide bonds. The topological polar surface area (TPSA) is 29.9 Å². The highest BCUT2D eigenvalue weighted by Crippen LogP contribution is 2.04. The van der Waals surface area contributed by atoms with Crippen molar-refractivity contribution in [1.82, 2.24) is 14.9 Å². The molecule has 0 atom stereocenters. The third-order valence-corrected chi connectivity index (χ3v) is 3.31. The lowest BCUT2D eigenvalue weighted by Gasteiger charge is -2.05. The summed E-state index contributed by atoms with van der Waals surface area (Å²) in [7, 11) is 2.09. The molecular weight excluding hydrogens is 210 g/mol. The van der Waals surface area contributed by atoms with Gasteiger partial charge in [0.25, 0.3) is 0 Å². The Balaban J connectivity index is 1.99. The molecule has 98 valence electrons. The molecule has 0 saturated carbocycles. The number of unbranched alkanes of at least 4 members (excludes halogenated alkanes) is 3. The van der Waals surface area contributed by atoms with E-state index in [-0.39, 0.29) is 0 Å². The van der Waals surface area contributed by atoms with Crippen LogP contribution in [0.15, 0.2) is 6.20 Å². The van der Waals surface area contributed by atoms with Crippen LogP contribution < -0.4 is 5.32 Å².